The zero-order valence-corrected chi connectivity index (χ0v) is 9.74. The summed E-state index contributed by atoms with van der Waals surface area (Å²) in [5.41, 5.74) is 0. The minimum absolute atomic E-state index is 0.0308. The van der Waals surface area contributed by atoms with Gasteiger partial charge in [0, 0.05) is 6.04 Å². The van der Waals surface area contributed by atoms with Crippen molar-refractivity contribution in [3.8, 4) is 0 Å². The summed E-state index contributed by atoms with van der Waals surface area (Å²) in [6, 6.07) is 0.354. The van der Waals surface area contributed by atoms with Crippen molar-refractivity contribution < 1.29 is 10.0 Å². The fourth-order valence-corrected chi connectivity index (χ4v) is 2.98. The van der Waals surface area contributed by atoms with Crippen molar-refractivity contribution in [1.82, 2.24) is 14.3 Å². The SMILES string of the molecule is CN1CCC(N2SCN(O)CC2=O)CC1. The number of hydrogen-bond donors (Lipinski definition) is 1. The Bertz CT molecular complexity index is 244. The first-order valence-corrected chi connectivity index (χ1v) is 6.18. The second-order valence-electron chi connectivity index (χ2n) is 4.18. The molecule has 2 aliphatic heterocycles. The normalized spacial score (nSPS) is 27.3. The molecule has 2 fully saturated rings. The van der Waals surface area contributed by atoms with Crippen LogP contribution >= 0.6 is 11.9 Å². The number of rotatable bonds is 1. The van der Waals surface area contributed by atoms with Crippen molar-refractivity contribution in [2.75, 3.05) is 32.6 Å². The van der Waals surface area contributed by atoms with Crippen LogP contribution in [0.3, 0.4) is 0 Å². The molecule has 0 unspecified atom stereocenters. The Hall–Kier alpha value is -0.300. The molecular weight excluding hydrogens is 214 g/mol. The fraction of sp³-hybridized carbons (Fsp3) is 0.889. The molecule has 15 heavy (non-hydrogen) atoms. The number of likely N-dealkylation sites (tertiary alicyclic amines) is 1. The van der Waals surface area contributed by atoms with Gasteiger partial charge in [0.1, 0.15) is 6.54 Å². The predicted molar refractivity (Wildman–Crippen MR) is 58.3 cm³/mol. The van der Waals surface area contributed by atoms with Crippen molar-refractivity contribution in [1.29, 1.82) is 0 Å². The standard InChI is InChI=1S/C9H17N3O2S/c1-10-4-2-8(3-5-10)12-9(13)6-11(14)7-15-12/h8,14H,2-7H2,1H3. The maximum atomic E-state index is 11.7. The second-order valence-corrected chi connectivity index (χ2v) is 5.09. The van der Waals surface area contributed by atoms with Crippen molar-refractivity contribution in [3.63, 3.8) is 0 Å². The average Bonchev–Trinajstić information content (AvgIpc) is 2.20. The maximum Gasteiger partial charge on any atom is 0.249 e. The summed E-state index contributed by atoms with van der Waals surface area (Å²) in [6.07, 6.45) is 2.08. The number of carbonyl (C=O) groups is 1. The van der Waals surface area contributed by atoms with E-state index in [-0.39, 0.29) is 12.5 Å². The molecule has 2 rings (SSSR count). The molecule has 0 aliphatic carbocycles. The van der Waals surface area contributed by atoms with Crippen molar-refractivity contribution in [2.45, 2.75) is 18.9 Å². The van der Waals surface area contributed by atoms with Crippen LogP contribution in [0.25, 0.3) is 0 Å². The van der Waals surface area contributed by atoms with Gasteiger partial charge in [0.2, 0.25) is 5.91 Å². The van der Waals surface area contributed by atoms with Gasteiger partial charge in [0.15, 0.2) is 0 Å². The van der Waals surface area contributed by atoms with E-state index in [1.54, 1.807) is 0 Å². The largest absolute Gasteiger partial charge is 0.313 e. The van der Waals surface area contributed by atoms with E-state index in [1.165, 1.54) is 11.9 Å². The van der Waals surface area contributed by atoms with Crippen LogP contribution in [0.15, 0.2) is 0 Å². The zero-order valence-electron chi connectivity index (χ0n) is 8.93. The molecule has 2 saturated heterocycles. The molecule has 2 aliphatic rings. The van der Waals surface area contributed by atoms with Crippen LogP contribution < -0.4 is 0 Å². The maximum absolute atomic E-state index is 11.7. The van der Waals surface area contributed by atoms with Crippen molar-refractivity contribution >= 4 is 17.9 Å². The molecule has 0 radical (unpaired) electrons. The molecule has 0 saturated carbocycles. The van der Waals surface area contributed by atoms with E-state index in [1.807, 2.05) is 4.31 Å². The molecule has 1 N–H and O–H groups in total. The highest BCUT2D eigenvalue weighted by Crippen LogP contribution is 2.26. The minimum Gasteiger partial charge on any atom is -0.313 e. The van der Waals surface area contributed by atoms with E-state index in [0.29, 0.717) is 11.9 Å². The Morgan fingerprint density at radius 2 is 2.07 bits per heavy atom. The summed E-state index contributed by atoms with van der Waals surface area (Å²) < 4.78 is 1.86. The van der Waals surface area contributed by atoms with Gasteiger partial charge in [0.25, 0.3) is 0 Å². The van der Waals surface area contributed by atoms with Gasteiger partial charge in [-0.3, -0.25) is 9.10 Å². The fourth-order valence-electron chi connectivity index (χ4n) is 2.01. The molecule has 1 amide bonds. The number of hydrogen-bond acceptors (Lipinski definition) is 5. The highest BCUT2D eigenvalue weighted by molar-refractivity contribution is 7.97. The highest BCUT2D eigenvalue weighted by atomic mass is 32.2. The first-order valence-electron chi connectivity index (χ1n) is 5.24. The van der Waals surface area contributed by atoms with Gasteiger partial charge in [-0.15, -0.1) is 0 Å². The summed E-state index contributed by atoms with van der Waals surface area (Å²) in [6.45, 7) is 2.25. The smallest absolute Gasteiger partial charge is 0.249 e. The molecule has 0 aromatic rings. The number of piperidine rings is 1. The first-order chi connectivity index (χ1) is 7.16. The van der Waals surface area contributed by atoms with Gasteiger partial charge in [0.05, 0.1) is 5.88 Å². The van der Waals surface area contributed by atoms with E-state index in [2.05, 4.69) is 11.9 Å². The van der Waals surface area contributed by atoms with E-state index >= 15 is 0 Å². The Morgan fingerprint density at radius 1 is 1.40 bits per heavy atom. The number of nitrogens with zero attached hydrogens (tertiary/aromatic N) is 3. The molecular formula is C9H17N3O2S. The monoisotopic (exact) mass is 231 g/mol. The quantitative estimate of drug-likeness (QED) is 0.654. The topological polar surface area (TPSA) is 47.0 Å². The summed E-state index contributed by atoms with van der Waals surface area (Å²) in [5.74, 6) is 0.529. The lowest BCUT2D eigenvalue weighted by Gasteiger charge is -2.39. The van der Waals surface area contributed by atoms with Crippen molar-refractivity contribution in [2.24, 2.45) is 0 Å². The van der Waals surface area contributed by atoms with Crippen LogP contribution in [0.1, 0.15) is 12.8 Å². The third-order valence-corrected chi connectivity index (χ3v) is 4.12. The lowest BCUT2D eigenvalue weighted by Crippen LogP contribution is -2.49. The Kier molecular flexibility index (Phi) is 3.50. The van der Waals surface area contributed by atoms with E-state index in [0.717, 1.165) is 31.0 Å². The molecule has 5 nitrogen and oxygen atoms in total. The Balaban J connectivity index is 1.90. The third kappa shape index (κ3) is 2.63. The number of carbonyl (C=O) groups excluding carboxylic acids is 1. The third-order valence-electron chi connectivity index (χ3n) is 2.93. The zero-order chi connectivity index (χ0) is 10.8. The summed E-state index contributed by atoms with van der Waals surface area (Å²) in [4.78, 5) is 14.0. The summed E-state index contributed by atoms with van der Waals surface area (Å²) in [7, 11) is 2.11. The summed E-state index contributed by atoms with van der Waals surface area (Å²) >= 11 is 1.43. The first kappa shape index (κ1) is 11.2. The Morgan fingerprint density at radius 3 is 2.67 bits per heavy atom. The van der Waals surface area contributed by atoms with Gasteiger partial charge < -0.3 is 10.1 Å². The molecule has 0 bridgehead atoms. The van der Waals surface area contributed by atoms with Gasteiger partial charge in [-0.2, -0.15) is 5.06 Å². The molecule has 6 heteroatoms. The van der Waals surface area contributed by atoms with Gasteiger partial charge >= 0.3 is 0 Å². The molecule has 0 aromatic heterocycles. The number of amides is 1. The molecule has 0 spiro atoms. The highest BCUT2D eigenvalue weighted by Gasteiger charge is 2.31. The van der Waals surface area contributed by atoms with Gasteiger partial charge in [-0.25, -0.2) is 0 Å². The summed E-state index contributed by atoms with van der Waals surface area (Å²) in [5, 5.41) is 10.3. The van der Waals surface area contributed by atoms with Crippen LogP contribution in [0.5, 0.6) is 0 Å². The van der Waals surface area contributed by atoms with Crippen LogP contribution in [0, 0.1) is 0 Å². The molecule has 0 atom stereocenters. The van der Waals surface area contributed by atoms with Crippen LogP contribution in [-0.2, 0) is 4.79 Å². The number of hydroxylamine groups is 2. The minimum atomic E-state index is 0.0308. The molecule has 0 aromatic carbocycles. The second kappa shape index (κ2) is 4.69. The van der Waals surface area contributed by atoms with Crippen LogP contribution in [0.4, 0.5) is 0 Å². The van der Waals surface area contributed by atoms with Gasteiger partial charge in [-0.1, -0.05) is 0 Å². The molecule has 2 heterocycles. The lowest BCUT2D eigenvalue weighted by molar-refractivity contribution is -0.144. The van der Waals surface area contributed by atoms with Crippen LogP contribution in [-0.4, -0.2) is 64.0 Å². The molecule has 86 valence electrons. The van der Waals surface area contributed by atoms with Gasteiger partial charge in [-0.05, 0) is 44.9 Å². The Labute approximate surface area is 94.1 Å². The van der Waals surface area contributed by atoms with E-state index < -0.39 is 0 Å². The van der Waals surface area contributed by atoms with Crippen LogP contribution in [0.2, 0.25) is 0 Å². The van der Waals surface area contributed by atoms with E-state index in [9.17, 15) is 10.0 Å². The van der Waals surface area contributed by atoms with E-state index in [4.69, 9.17) is 0 Å². The average molecular weight is 231 g/mol. The lowest BCUT2D eigenvalue weighted by atomic mass is 10.1. The predicted octanol–water partition coefficient (Wildman–Crippen LogP) is 0.220. The van der Waals surface area contributed by atoms with Crippen molar-refractivity contribution in [3.05, 3.63) is 0 Å².